The molecule has 0 aliphatic heterocycles. The fraction of sp³-hybridized carbons (Fsp3) is 0.200. The highest BCUT2D eigenvalue weighted by Crippen LogP contribution is 2.26. The second-order valence-corrected chi connectivity index (χ2v) is 4.09. The van der Waals surface area contributed by atoms with Crippen molar-refractivity contribution < 1.29 is 9.21 Å². The number of carbonyl (C=O) groups is 1. The van der Waals surface area contributed by atoms with E-state index in [0.29, 0.717) is 23.3 Å². The first-order valence-electron chi connectivity index (χ1n) is 4.49. The molecule has 4 nitrogen and oxygen atoms in total. The molecule has 1 aromatic heterocycles. The zero-order valence-electron chi connectivity index (χ0n) is 7.86. The van der Waals surface area contributed by atoms with Gasteiger partial charge in [0.25, 0.3) is 0 Å². The van der Waals surface area contributed by atoms with Crippen LogP contribution in [0.2, 0.25) is 0 Å². The Kier molecular flexibility index (Phi) is 2.91. The van der Waals surface area contributed by atoms with E-state index in [0.717, 1.165) is 11.2 Å². The molecule has 0 atom stereocenters. The molecule has 0 unspecified atom stereocenters. The molecule has 0 amide bonds. The second-order valence-electron chi connectivity index (χ2n) is 2.95. The van der Waals surface area contributed by atoms with Crippen LogP contribution in [0.4, 0.5) is 0 Å². The van der Waals surface area contributed by atoms with E-state index in [1.165, 1.54) is 11.8 Å². The number of hydrogen-bond donors (Lipinski definition) is 1. The largest absolute Gasteiger partial charge is 0.417 e. The lowest BCUT2D eigenvalue weighted by molar-refractivity contribution is -0.107. The molecule has 0 spiro atoms. The van der Waals surface area contributed by atoms with E-state index in [4.69, 9.17) is 4.42 Å². The molecule has 0 radical (unpaired) electrons. The number of rotatable bonds is 4. The SMILES string of the molecule is O=CCCSc1cccc2[nH]c(=O)oc12. The van der Waals surface area contributed by atoms with Gasteiger partial charge in [-0.3, -0.25) is 4.98 Å². The summed E-state index contributed by atoms with van der Waals surface area (Å²) in [5.41, 5.74) is 1.26. The average Bonchev–Trinajstić information content (AvgIpc) is 2.59. The van der Waals surface area contributed by atoms with Crippen LogP contribution in [-0.4, -0.2) is 17.0 Å². The summed E-state index contributed by atoms with van der Waals surface area (Å²) in [6.07, 6.45) is 1.37. The van der Waals surface area contributed by atoms with Gasteiger partial charge in [-0.2, -0.15) is 0 Å². The fourth-order valence-electron chi connectivity index (χ4n) is 1.28. The Morgan fingerprint density at radius 1 is 1.47 bits per heavy atom. The molecule has 1 N–H and O–H groups in total. The topological polar surface area (TPSA) is 63.1 Å². The molecule has 0 fully saturated rings. The third-order valence-electron chi connectivity index (χ3n) is 1.90. The van der Waals surface area contributed by atoms with Crippen molar-refractivity contribution >= 4 is 29.1 Å². The normalized spacial score (nSPS) is 10.7. The van der Waals surface area contributed by atoms with Crippen molar-refractivity contribution in [2.24, 2.45) is 0 Å². The monoisotopic (exact) mass is 223 g/mol. The van der Waals surface area contributed by atoms with Crippen molar-refractivity contribution in [3.63, 3.8) is 0 Å². The van der Waals surface area contributed by atoms with E-state index in [-0.39, 0.29) is 0 Å². The Balaban J connectivity index is 2.33. The molecule has 15 heavy (non-hydrogen) atoms. The Morgan fingerprint density at radius 3 is 3.13 bits per heavy atom. The van der Waals surface area contributed by atoms with Crippen LogP contribution in [0.1, 0.15) is 6.42 Å². The van der Waals surface area contributed by atoms with Crippen molar-refractivity contribution in [2.45, 2.75) is 11.3 Å². The van der Waals surface area contributed by atoms with Crippen LogP contribution in [0.3, 0.4) is 0 Å². The average molecular weight is 223 g/mol. The molecule has 2 aromatic rings. The number of para-hydroxylation sites is 1. The predicted octanol–water partition coefficient (Wildman–Crippen LogP) is 1.80. The summed E-state index contributed by atoms with van der Waals surface area (Å²) in [6.45, 7) is 0. The van der Waals surface area contributed by atoms with Gasteiger partial charge in [0.15, 0.2) is 5.58 Å². The molecule has 78 valence electrons. The van der Waals surface area contributed by atoms with Crippen LogP contribution in [0, 0.1) is 0 Å². The number of carbonyl (C=O) groups excluding carboxylic acids is 1. The highest BCUT2D eigenvalue weighted by Gasteiger charge is 2.06. The van der Waals surface area contributed by atoms with Crippen LogP contribution in [0.25, 0.3) is 11.1 Å². The van der Waals surface area contributed by atoms with E-state index in [1.54, 1.807) is 6.07 Å². The fourth-order valence-corrected chi connectivity index (χ4v) is 2.17. The Hall–Kier alpha value is -1.49. The predicted molar refractivity (Wildman–Crippen MR) is 58.2 cm³/mol. The summed E-state index contributed by atoms with van der Waals surface area (Å²) >= 11 is 1.50. The lowest BCUT2D eigenvalue weighted by atomic mass is 10.3. The minimum absolute atomic E-state index is 0.451. The van der Waals surface area contributed by atoms with Gasteiger partial charge in [0, 0.05) is 12.2 Å². The summed E-state index contributed by atoms with van der Waals surface area (Å²) in [7, 11) is 0. The minimum atomic E-state index is -0.451. The number of aromatic nitrogens is 1. The standard InChI is InChI=1S/C10H9NO3S/c12-5-2-6-15-8-4-1-3-7-9(8)14-10(13)11-7/h1,3-5H,2,6H2,(H,11,13). The molecule has 0 bridgehead atoms. The summed E-state index contributed by atoms with van der Waals surface area (Å²) < 4.78 is 5.01. The number of nitrogens with one attached hydrogen (secondary N) is 1. The minimum Gasteiger partial charge on any atom is -0.407 e. The zero-order valence-corrected chi connectivity index (χ0v) is 8.67. The van der Waals surface area contributed by atoms with Crippen LogP contribution in [0.5, 0.6) is 0 Å². The molecule has 0 aliphatic rings. The highest BCUT2D eigenvalue weighted by atomic mass is 32.2. The lowest BCUT2D eigenvalue weighted by Crippen LogP contribution is -1.92. The Labute approximate surface area is 89.7 Å². The van der Waals surface area contributed by atoms with Gasteiger partial charge >= 0.3 is 5.76 Å². The number of thioether (sulfide) groups is 1. The molecule has 5 heteroatoms. The number of hydrogen-bond acceptors (Lipinski definition) is 4. The third-order valence-corrected chi connectivity index (χ3v) is 2.98. The number of aldehydes is 1. The smallest absolute Gasteiger partial charge is 0.407 e. The van der Waals surface area contributed by atoms with Crippen molar-refractivity contribution in [3.8, 4) is 0 Å². The van der Waals surface area contributed by atoms with Crippen molar-refractivity contribution in [2.75, 3.05) is 5.75 Å². The maximum atomic E-state index is 11.0. The van der Waals surface area contributed by atoms with Crippen molar-refractivity contribution in [1.29, 1.82) is 0 Å². The number of benzene rings is 1. The van der Waals surface area contributed by atoms with Gasteiger partial charge in [-0.25, -0.2) is 4.79 Å². The quantitative estimate of drug-likeness (QED) is 0.487. The van der Waals surface area contributed by atoms with E-state index in [2.05, 4.69) is 4.98 Å². The molecule has 1 aromatic carbocycles. The van der Waals surface area contributed by atoms with Gasteiger partial charge in [-0.15, -0.1) is 11.8 Å². The van der Waals surface area contributed by atoms with E-state index in [9.17, 15) is 9.59 Å². The molecular weight excluding hydrogens is 214 g/mol. The number of oxazole rings is 1. The maximum absolute atomic E-state index is 11.0. The molecular formula is C10H9NO3S. The van der Waals surface area contributed by atoms with Crippen LogP contribution in [-0.2, 0) is 4.79 Å². The van der Waals surface area contributed by atoms with Crippen LogP contribution in [0.15, 0.2) is 32.3 Å². The number of aromatic amines is 1. The van der Waals surface area contributed by atoms with Gasteiger partial charge < -0.3 is 9.21 Å². The maximum Gasteiger partial charge on any atom is 0.417 e. The lowest BCUT2D eigenvalue weighted by Gasteiger charge is -1.98. The third kappa shape index (κ3) is 2.12. The Morgan fingerprint density at radius 2 is 2.33 bits per heavy atom. The summed E-state index contributed by atoms with van der Waals surface area (Å²) in [4.78, 5) is 24.6. The Bertz CT molecular complexity index is 529. The van der Waals surface area contributed by atoms with Gasteiger partial charge in [-0.1, -0.05) is 6.07 Å². The van der Waals surface area contributed by atoms with Gasteiger partial charge in [0.1, 0.15) is 6.29 Å². The first-order chi connectivity index (χ1) is 7.31. The molecule has 0 saturated carbocycles. The van der Waals surface area contributed by atoms with Crippen molar-refractivity contribution in [3.05, 3.63) is 28.7 Å². The summed E-state index contributed by atoms with van der Waals surface area (Å²) in [5, 5.41) is 0. The molecule has 1 heterocycles. The number of H-pyrrole nitrogens is 1. The number of fused-ring (bicyclic) bond motifs is 1. The first-order valence-corrected chi connectivity index (χ1v) is 5.48. The molecule has 2 rings (SSSR count). The first kappa shape index (κ1) is 10.0. The van der Waals surface area contributed by atoms with Gasteiger partial charge in [0.05, 0.1) is 10.4 Å². The van der Waals surface area contributed by atoms with E-state index >= 15 is 0 Å². The van der Waals surface area contributed by atoms with Gasteiger partial charge in [-0.05, 0) is 12.1 Å². The van der Waals surface area contributed by atoms with E-state index < -0.39 is 5.76 Å². The van der Waals surface area contributed by atoms with Crippen LogP contribution >= 0.6 is 11.8 Å². The van der Waals surface area contributed by atoms with Crippen molar-refractivity contribution in [1.82, 2.24) is 4.98 Å². The summed E-state index contributed by atoms with van der Waals surface area (Å²) in [5.74, 6) is 0.241. The molecule has 0 saturated heterocycles. The van der Waals surface area contributed by atoms with Crippen LogP contribution < -0.4 is 5.76 Å². The summed E-state index contributed by atoms with van der Waals surface area (Å²) in [6, 6.07) is 5.50. The second kappa shape index (κ2) is 4.35. The zero-order chi connectivity index (χ0) is 10.7. The van der Waals surface area contributed by atoms with Gasteiger partial charge in [0.2, 0.25) is 0 Å². The highest BCUT2D eigenvalue weighted by molar-refractivity contribution is 7.99. The van der Waals surface area contributed by atoms with E-state index in [1.807, 2.05) is 12.1 Å². The molecule has 0 aliphatic carbocycles.